The van der Waals surface area contributed by atoms with Gasteiger partial charge in [0.1, 0.15) is 11.9 Å². The number of anilines is 3. The number of fused-ring (bicyclic) bond motifs is 2. The topological polar surface area (TPSA) is 114 Å². The van der Waals surface area contributed by atoms with E-state index in [2.05, 4.69) is 26.8 Å². The minimum atomic E-state index is -0.555. The zero-order valence-electron chi connectivity index (χ0n) is 20.2. The van der Waals surface area contributed by atoms with Gasteiger partial charge in [0.15, 0.2) is 11.5 Å². The fourth-order valence-electron chi connectivity index (χ4n) is 4.26. The number of aromatic nitrogens is 4. The summed E-state index contributed by atoms with van der Waals surface area (Å²) in [5.41, 5.74) is 4.35. The number of hydrogen-bond donors (Lipinski definition) is 2. The summed E-state index contributed by atoms with van der Waals surface area (Å²) in [4.78, 5) is 35.5. The summed E-state index contributed by atoms with van der Waals surface area (Å²) in [6.45, 7) is 6.56. The molecule has 0 atom stereocenters. The third kappa shape index (κ3) is 5.11. The van der Waals surface area contributed by atoms with Gasteiger partial charge in [-0.25, -0.2) is 19.3 Å². The van der Waals surface area contributed by atoms with Crippen LogP contribution in [0.2, 0.25) is 0 Å². The maximum atomic E-state index is 12.6. The lowest BCUT2D eigenvalue weighted by Gasteiger charge is -2.30. The van der Waals surface area contributed by atoms with Crippen molar-refractivity contribution >= 4 is 40.4 Å². The van der Waals surface area contributed by atoms with Crippen LogP contribution in [-0.2, 0) is 16.0 Å². The lowest BCUT2D eigenvalue weighted by atomic mass is 10.1. The maximum absolute atomic E-state index is 12.6. The number of ether oxygens (including phenoxy) is 1. The number of carbonyl (C=O) groups excluding carboxylic acids is 2. The molecule has 0 unspecified atom stereocenters. The van der Waals surface area contributed by atoms with Crippen molar-refractivity contribution in [2.45, 2.75) is 52.1 Å². The average Bonchev–Trinajstić information content (AvgIpc) is 3.20. The van der Waals surface area contributed by atoms with E-state index in [1.54, 1.807) is 9.42 Å². The molecule has 4 heterocycles. The van der Waals surface area contributed by atoms with E-state index in [9.17, 15) is 9.59 Å². The second kappa shape index (κ2) is 9.01. The van der Waals surface area contributed by atoms with E-state index in [1.165, 1.54) is 6.33 Å². The largest absolute Gasteiger partial charge is 0.444 e. The Balaban J connectivity index is 1.42. The third-order valence-corrected chi connectivity index (χ3v) is 5.89. The summed E-state index contributed by atoms with van der Waals surface area (Å²) < 4.78 is 7.22. The molecular weight excluding hydrogens is 446 g/mol. The first kappa shape index (κ1) is 22.8. The number of nitrogens with one attached hydrogen (secondary N) is 2. The van der Waals surface area contributed by atoms with E-state index in [4.69, 9.17) is 9.72 Å². The Morgan fingerprint density at radius 1 is 1.23 bits per heavy atom. The van der Waals surface area contributed by atoms with Gasteiger partial charge in [0.2, 0.25) is 5.91 Å². The van der Waals surface area contributed by atoms with Crippen molar-refractivity contribution < 1.29 is 14.3 Å². The van der Waals surface area contributed by atoms with Crippen molar-refractivity contribution in [1.82, 2.24) is 24.5 Å². The van der Waals surface area contributed by atoms with Crippen molar-refractivity contribution in [1.29, 1.82) is 0 Å². The molecule has 2 N–H and O–H groups in total. The molecule has 2 aliphatic heterocycles. The Morgan fingerprint density at radius 2 is 2.09 bits per heavy atom. The van der Waals surface area contributed by atoms with Crippen LogP contribution in [0.25, 0.3) is 11.2 Å². The first-order chi connectivity index (χ1) is 16.7. The standard InChI is InChI=1S/C25H29N7O3/c1-25(2,3)35-24(34)31-11-5-7-17(13-31)20-14-32-23(26-15-27-32)22(30-20)28-18-10-9-16-6-4-8-21(33)29-19(16)12-18/h7,9-10,12,14-15H,4-6,8,11,13H2,1-3H3,(H,28,30)(H,29,33). The number of nitrogens with zero attached hydrogens (tertiary/aromatic N) is 5. The first-order valence-electron chi connectivity index (χ1n) is 11.8. The number of benzene rings is 1. The lowest BCUT2D eigenvalue weighted by molar-refractivity contribution is -0.116. The van der Waals surface area contributed by atoms with E-state index in [0.29, 0.717) is 43.1 Å². The number of rotatable bonds is 3. The highest BCUT2D eigenvalue weighted by atomic mass is 16.6. The van der Waals surface area contributed by atoms with E-state index >= 15 is 0 Å². The molecule has 10 nitrogen and oxygen atoms in total. The lowest BCUT2D eigenvalue weighted by Crippen LogP contribution is -2.39. The SMILES string of the molecule is CC(C)(C)OC(=O)N1CCC=C(c2cn3ncnc3c(Nc3ccc4c(c3)NC(=O)CCC4)n2)C1. The number of hydrogen-bond acceptors (Lipinski definition) is 7. The smallest absolute Gasteiger partial charge is 0.410 e. The highest BCUT2D eigenvalue weighted by Crippen LogP contribution is 2.29. The predicted octanol–water partition coefficient (Wildman–Crippen LogP) is 4.17. The molecule has 0 saturated carbocycles. The van der Waals surface area contributed by atoms with Crippen molar-refractivity contribution in [2.24, 2.45) is 0 Å². The Bertz CT molecular complexity index is 1320. The molecule has 2 aliphatic rings. The average molecular weight is 476 g/mol. The van der Waals surface area contributed by atoms with Crippen LogP contribution in [0.1, 0.15) is 51.3 Å². The Hall–Kier alpha value is -3.95. The van der Waals surface area contributed by atoms with Crippen molar-refractivity contribution in [2.75, 3.05) is 23.7 Å². The molecule has 2 amide bonds. The third-order valence-electron chi connectivity index (χ3n) is 5.89. The normalized spacial score (nSPS) is 16.3. The van der Waals surface area contributed by atoms with Crippen LogP contribution in [0.5, 0.6) is 0 Å². The molecule has 0 radical (unpaired) electrons. The zero-order valence-corrected chi connectivity index (χ0v) is 20.2. The van der Waals surface area contributed by atoms with Gasteiger partial charge in [0, 0.05) is 24.3 Å². The van der Waals surface area contributed by atoms with Gasteiger partial charge in [-0.15, -0.1) is 0 Å². The molecule has 5 rings (SSSR count). The van der Waals surface area contributed by atoms with Crippen LogP contribution in [0.15, 0.2) is 36.8 Å². The molecule has 0 bridgehead atoms. The predicted molar refractivity (Wildman–Crippen MR) is 132 cm³/mol. The number of amides is 2. The molecular formula is C25H29N7O3. The van der Waals surface area contributed by atoms with Gasteiger partial charge >= 0.3 is 6.09 Å². The van der Waals surface area contributed by atoms with Crippen molar-refractivity contribution in [3.8, 4) is 0 Å². The summed E-state index contributed by atoms with van der Waals surface area (Å²) in [6, 6.07) is 5.92. The minimum Gasteiger partial charge on any atom is -0.444 e. The highest BCUT2D eigenvalue weighted by Gasteiger charge is 2.26. The van der Waals surface area contributed by atoms with Gasteiger partial charge in [-0.2, -0.15) is 5.10 Å². The maximum Gasteiger partial charge on any atom is 0.410 e. The van der Waals surface area contributed by atoms with E-state index in [1.807, 2.05) is 45.2 Å². The van der Waals surface area contributed by atoms with Crippen LogP contribution in [0.4, 0.5) is 22.0 Å². The second-order valence-corrected chi connectivity index (χ2v) is 9.82. The van der Waals surface area contributed by atoms with Gasteiger partial charge < -0.3 is 20.3 Å². The van der Waals surface area contributed by atoms with Crippen LogP contribution in [0.3, 0.4) is 0 Å². The van der Waals surface area contributed by atoms with Gasteiger partial charge in [-0.3, -0.25) is 4.79 Å². The second-order valence-electron chi connectivity index (χ2n) is 9.82. The molecule has 0 spiro atoms. The summed E-state index contributed by atoms with van der Waals surface area (Å²) in [5.74, 6) is 0.565. The number of aryl methyl sites for hydroxylation is 1. The van der Waals surface area contributed by atoms with Crippen molar-refractivity contribution in [3.63, 3.8) is 0 Å². The molecule has 3 aromatic rings. The molecule has 0 saturated heterocycles. The Kier molecular flexibility index (Phi) is 5.88. The molecule has 0 fully saturated rings. The molecule has 10 heteroatoms. The first-order valence-corrected chi connectivity index (χ1v) is 11.8. The number of carbonyl (C=O) groups is 2. The molecule has 2 aromatic heterocycles. The van der Waals surface area contributed by atoms with Crippen LogP contribution in [-0.4, -0.2) is 55.2 Å². The van der Waals surface area contributed by atoms with E-state index < -0.39 is 5.60 Å². The Labute approximate surface area is 203 Å². The summed E-state index contributed by atoms with van der Waals surface area (Å²) in [7, 11) is 0. The minimum absolute atomic E-state index is 0.0275. The highest BCUT2D eigenvalue weighted by molar-refractivity contribution is 5.93. The monoisotopic (exact) mass is 475 g/mol. The molecule has 1 aromatic carbocycles. The van der Waals surface area contributed by atoms with Gasteiger partial charge in [0.05, 0.1) is 18.4 Å². The molecule has 0 aliphatic carbocycles. The van der Waals surface area contributed by atoms with E-state index in [-0.39, 0.29) is 12.0 Å². The van der Waals surface area contributed by atoms with E-state index in [0.717, 1.165) is 35.4 Å². The summed E-state index contributed by atoms with van der Waals surface area (Å²) >= 11 is 0. The van der Waals surface area contributed by atoms with Gasteiger partial charge in [0.25, 0.3) is 0 Å². The van der Waals surface area contributed by atoms with Crippen LogP contribution in [0, 0.1) is 0 Å². The van der Waals surface area contributed by atoms with Gasteiger partial charge in [-0.05, 0) is 63.3 Å². The van der Waals surface area contributed by atoms with Crippen LogP contribution < -0.4 is 10.6 Å². The Morgan fingerprint density at radius 3 is 2.91 bits per heavy atom. The zero-order chi connectivity index (χ0) is 24.6. The summed E-state index contributed by atoms with van der Waals surface area (Å²) in [5, 5.41) is 10.6. The van der Waals surface area contributed by atoms with Crippen LogP contribution >= 0.6 is 0 Å². The molecule has 35 heavy (non-hydrogen) atoms. The fraction of sp³-hybridized carbons (Fsp3) is 0.400. The quantitative estimate of drug-likeness (QED) is 0.584. The fourth-order valence-corrected chi connectivity index (χ4v) is 4.26. The summed E-state index contributed by atoms with van der Waals surface area (Å²) in [6.07, 6.45) is 7.98. The van der Waals surface area contributed by atoms with Gasteiger partial charge in [-0.1, -0.05) is 12.1 Å². The molecule has 182 valence electrons. The van der Waals surface area contributed by atoms with Crippen molar-refractivity contribution in [3.05, 3.63) is 48.1 Å².